The molecule has 2 aliphatic carbocycles. The van der Waals surface area contributed by atoms with E-state index in [4.69, 9.17) is 9.73 Å². The third-order valence-corrected chi connectivity index (χ3v) is 5.13. The molecule has 0 radical (unpaired) electrons. The Morgan fingerprint density at radius 3 is 2.35 bits per heavy atom. The van der Waals surface area contributed by atoms with E-state index in [1.54, 1.807) is 7.11 Å². The van der Waals surface area contributed by atoms with Gasteiger partial charge in [-0.05, 0) is 42.9 Å². The number of nitrogens with zero attached hydrogens (tertiary/aromatic N) is 1. The van der Waals surface area contributed by atoms with E-state index >= 15 is 0 Å². The smallest absolute Gasteiger partial charge is 0.139 e. The molecule has 3 rings (SSSR count). The van der Waals surface area contributed by atoms with Crippen LogP contribution < -0.4 is 4.74 Å². The highest BCUT2D eigenvalue weighted by atomic mass is 16.5. The molecular weight excluding hydrogens is 286 g/mol. The summed E-state index contributed by atoms with van der Waals surface area (Å²) in [6.07, 6.45) is 9.82. The molecule has 0 aliphatic heterocycles. The normalized spacial score (nSPS) is 25.3. The molecule has 0 heterocycles. The van der Waals surface area contributed by atoms with Crippen molar-refractivity contribution in [2.75, 3.05) is 7.11 Å². The molecule has 0 amide bonds. The molecule has 2 saturated carbocycles. The molecule has 0 bridgehead atoms. The van der Waals surface area contributed by atoms with Gasteiger partial charge in [0, 0.05) is 24.6 Å². The molecule has 0 saturated heterocycles. The Morgan fingerprint density at radius 2 is 1.70 bits per heavy atom. The molecule has 1 aromatic rings. The number of rotatable bonds is 3. The Hall–Kier alpha value is -1.64. The van der Waals surface area contributed by atoms with Crippen molar-refractivity contribution in [2.45, 2.75) is 69.7 Å². The van der Waals surface area contributed by atoms with E-state index in [-0.39, 0.29) is 5.92 Å². The summed E-state index contributed by atoms with van der Waals surface area (Å²) in [5.41, 5.74) is 2.36. The van der Waals surface area contributed by atoms with Gasteiger partial charge < -0.3 is 4.74 Å². The van der Waals surface area contributed by atoms with Gasteiger partial charge in [0.15, 0.2) is 0 Å². The third kappa shape index (κ3) is 4.43. The number of Topliss-reactive ketones (excluding diaryl/α,β-unsaturated/α-hetero) is 1. The van der Waals surface area contributed by atoms with Crippen LogP contribution >= 0.6 is 0 Å². The molecule has 0 N–H and O–H groups in total. The summed E-state index contributed by atoms with van der Waals surface area (Å²) in [4.78, 5) is 17.2. The van der Waals surface area contributed by atoms with Gasteiger partial charge in [0.2, 0.25) is 0 Å². The molecule has 23 heavy (non-hydrogen) atoms. The Kier molecular flexibility index (Phi) is 5.47. The first-order valence-corrected chi connectivity index (χ1v) is 8.96. The van der Waals surface area contributed by atoms with Crippen LogP contribution in [0.4, 0.5) is 0 Å². The lowest BCUT2D eigenvalue weighted by Crippen LogP contribution is -2.23. The average molecular weight is 313 g/mol. The highest BCUT2D eigenvalue weighted by molar-refractivity contribution is 6.05. The van der Waals surface area contributed by atoms with Crippen LogP contribution in [-0.4, -0.2) is 24.6 Å². The number of benzene rings is 1. The standard InChI is InChI=1S/C20H27NO2/c1-23-20-10-8-15(9-11-20)16-12-18(14-19(22)13-16)21-17-6-4-2-3-5-7-17/h8-11,16-17H,2-7,12-14H2,1H3/t16-/m0/s1. The van der Waals surface area contributed by atoms with Crippen LogP contribution in [0.5, 0.6) is 5.75 Å². The first-order chi connectivity index (χ1) is 11.2. The second-order valence-corrected chi connectivity index (χ2v) is 6.93. The van der Waals surface area contributed by atoms with Gasteiger partial charge in [-0.15, -0.1) is 0 Å². The zero-order chi connectivity index (χ0) is 16.1. The Bertz CT molecular complexity index is 554. The molecule has 0 spiro atoms. The number of hydrogen-bond acceptors (Lipinski definition) is 3. The number of ketones is 1. The first-order valence-electron chi connectivity index (χ1n) is 8.96. The van der Waals surface area contributed by atoms with Crippen LogP contribution in [0, 0.1) is 0 Å². The molecular formula is C20H27NO2. The van der Waals surface area contributed by atoms with Crippen LogP contribution in [0.1, 0.15) is 69.3 Å². The summed E-state index contributed by atoms with van der Waals surface area (Å²) in [5.74, 6) is 1.49. The summed E-state index contributed by atoms with van der Waals surface area (Å²) < 4.78 is 5.22. The van der Waals surface area contributed by atoms with Gasteiger partial charge in [-0.1, -0.05) is 37.8 Å². The maximum Gasteiger partial charge on any atom is 0.139 e. The number of methoxy groups -OCH3 is 1. The summed E-state index contributed by atoms with van der Waals surface area (Å²) in [6.45, 7) is 0. The van der Waals surface area contributed by atoms with E-state index in [0.717, 1.165) is 17.9 Å². The van der Waals surface area contributed by atoms with E-state index in [1.165, 1.54) is 44.1 Å². The second kappa shape index (κ2) is 7.76. The highest BCUT2D eigenvalue weighted by Gasteiger charge is 2.26. The van der Waals surface area contributed by atoms with E-state index in [0.29, 0.717) is 24.7 Å². The lowest BCUT2D eigenvalue weighted by atomic mass is 9.82. The largest absolute Gasteiger partial charge is 0.497 e. The van der Waals surface area contributed by atoms with Crippen molar-refractivity contribution in [3.63, 3.8) is 0 Å². The maximum atomic E-state index is 12.2. The molecule has 124 valence electrons. The fourth-order valence-corrected chi connectivity index (χ4v) is 3.86. The third-order valence-electron chi connectivity index (χ3n) is 5.13. The van der Waals surface area contributed by atoms with Crippen LogP contribution in [0.15, 0.2) is 29.3 Å². The Labute approximate surface area is 139 Å². The van der Waals surface area contributed by atoms with Crippen molar-refractivity contribution in [1.29, 1.82) is 0 Å². The molecule has 2 fully saturated rings. The van der Waals surface area contributed by atoms with Gasteiger partial charge in [0.1, 0.15) is 11.5 Å². The molecule has 0 aromatic heterocycles. The van der Waals surface area contributed by atoms with Crippen LogP contribution in [0.2, 0.25) is 0 Å². The highest BCUT2D eigenvalue weighted by Crippen LogP contribution is 2.32. The van der Waals surface area contributed by atoms with Crippen molar-refractivity contribution in [1.82, 2.24) is 0 Å². The predicted octanol–water partition coefficient (Wildman–Crippen LogP) is 4.70. The summed E-state index contributed by atoms with van der Waals surface area (Å²) in [7, 11) is 1.68. The Morgan fingerprint density at radius 1 is 1.00 bits per heavy atom. The number of ether oxygens (including phenoxy) is 1. The lowest BCUT2D eigenvalue weighted by Gasteiger charge is -2.24. The predicted molar refractivity (Wildman–Crippen MR) is 93.5 cm³/mol. The van der Waals surface area contributed by atoms with Crippen LogP contribution in [0.3, 0.4) is 0 Å². The number of carbonyl (C=O) groups is 1. The van der Waals surface area contributed by atoms with E-state index < -0.39 is 0 Å². The molecule has 1 atom stereocenters. The van der Waals surface area contributed by atoms with E-state index in [2.05, 4.69) is 12.1 Å². The number of carbonyl (C=O) groups excluding carboxylic acids is 1. The summed E-state index contributed by atoms with van der Waals surface area (Å²) >= 11 is 0. The van der Waals surface area contributed by atoms with Crippen molar-refractivity contribution in [2.24, 2.45) is 4.99 Å². The quantitative estimate of drug-likeness (QED) is 0.759. The SMILES string of the molecule is COc1ccc([C@@H]2CC(=O)CC(=NC3CCCCCC3)C2)cc1. The van der Waals surface area contributed by atoms with Crippen molar-refractivity contribution in [3.05, 3.63) is 29.8 Å². The fourth-order valence-electron chi connectivity index (χ4n) is 3.86. The average Bonchev–Trinajstić information content (AvgIpc) is 2.83. The first kappa shape index (κ1) is 16.2. The lowest BCUT2D eigenvalue weighted by molar-refractivity contribution is -0.118. The maximum absolute atomic E-state index is 12.2. The summed E-state index contributed by atoms with van der Waals surface area (Å²) in [6, 6.07) is 8.60. The topological polar surface area (TPSA) is 38.7 Å². The fraction of sp³-hybridized carbons (Fsp3) is 0.600. The summed E-state index contributed by atoms with van der Waals surface area (Å²) in [5, 5.41) is 0. The van der Waals surface area contributed by atoms with E-state index in [1.807, 2.05) is 12.1 Å². The number of hydrogen-bond donors (Lipinski definition) is 0. The van der Waals surface area contributed by atoms with Gasteiger partial charge in [-0.25, -0.2) is 0 Å². The second-order valence-electron chi connectivity index (χ2n) is 6.93. The van der Waals surface area contributed by atoms with Gasteiger partial charge in [0.25, 0.3) is 0 Å². The van der Waals surface area contributed by atoms with Gasteiger partial charge >= 0.3 is 0 Å². The monoisotopic (exact) mass is 313 g/mol. The van der Waals surface area contributed by atoms with Gasteiger partial charge in [-0.2, -0.15) is 0 Å². The minimum atomic E-state index is 0.284. The molecule has 2 aliphatic rings. The van der Waals surface area contributed by atoms with Crippen molar-refractivity contribution < 1.29 is 9.53 Å². The van der Waals surface area contributed by atoms with Crippen LogP contribution in [0.25, 0.3) is 0 Å². The van der Waals surface area contributed by atoms with E-state index in [9.17, 15) is 4.79 Å². The Balaban J connectivity index is 1.71. The minimum Gasteiger partial charge on any atom is -0.497 e. The van der Waals surface area contributed by atoms with Gasteiger partial charge in [0.05, 0.1) is 7.11 Å². The zero-order valence-electron chi connectivity index (χ0n) is 14.1. The molecule has 1 aromatic carbocycles. The van der Waals surface area contributed by atoms with Crippen molar-refractivity contribution >= 4 is 11.5 Å². The zero-order valence-corrected chi connectivity index (χ0v) is 14.1. The van der Waals surface area contributed by atoms with Crippen molar-refractivity contribution in [3.8, 4) is 5.75 Å². The molecule has 3 heteroatoms. The van der Waals surface area contributed by atoms with Crippen LogP contribution in [-0.2, 0) is 4.79 Å². The minimum absolute atomic E-state index is 0.284. The van der Waals surface area contributed by atoms with Gasteiger partial charge in [-0.3, -0.25) is 9.79 Å². The number of aliphatic imine (C=N–C) groups is 1. The molecule has 0 unspecified atom stereocenters. The molecule has 3 nitrogen and oxygen atoms in total.